The van der Waals surface area contributed by atoms with E-state index in [0.29, 0.717) is 18.4 Å². The van der Waals surface area contributed by atoms with Crippen molar-refractivity contribution in [2.75, 3.05) is 12.3 Å². The number of benzene rings is 1. The van der Waals surface area contributed by atoms with E-state index in [1.165, 1.54) is 4.57 Å². The lowest BCUT2D eigenvalue weighted by molar-refractivity contribution is -0.130. The number of aromatic nitrogens is 2. The summed E-state index contributed by atoms with van der Waals surface area (Å²) in [6.45, 7) is 2.71. The molecule has 0 radical (unpaired) electrons. The third-order valence-electron chi connectivity index (χ3n) is 5.63. The first-order valence-corrected chi connectivity index (χ1v) is 9.53. The highest BCUT2D eigenvalue weighted by Crippen LogP contribution is 2.35. The number of nitrogens with one attached hydrogen (secondary N) is 2. The fourth-order valence-electron chi connectivity index (χ4n) is 3.91. The Morgan fingerprint density at radius 1 is 1.20 bits per heavy atom. The van der Waals surface area contributed by atoms with Crippen molar-refractivity contribution < 1.29 is 14.4 Å². The largest absolute Gasteiger partial charge is 0.384 e. The topological polar surface area (TPSA) is 147 Å². The zero-order chi connectivity index (χ0) is 21.8. The first-order valence-electron chi connectivity index (χ1n) is 9.53. The summed E-state index contributed by atoms with van der Waals surface area (Å²) in [5.41, 5.74) is 3.98. The number of Topliss-reactive ketones (excluding diaryl/α,β-unsaturated/α-hetero) is 1. The minimum atomic E-state index is -1.34. The number of carbonyl (C=O) groups is 3. The summed E-state index contributed by atoms with van der Waals surface area (Å²) in [5, 5.41) is 2.63. The van der Waals surface area contributed by atoms with Crippen molar-refractivity contribution >= 4 is 23.5 Å². The predicted molar refractivity (Wildman–Crippen MR) is 107 cm³/mol. The smallest absolute Gasteiger partial charge is 0.330 e. The Morgan fingerprint density at radius 2 is 1.87 bits per heavy atom. The SMILES string of the molecule is Cc1ccccc1C1(C)NC(=O)N(CC(=O)c2c(N)n(C3CC3)c(=O)[nH]c2=O)C1=O. The number of carbonyl (C=O) groups excluding carboxylic acids is 3. The molecule has 1 saturated carbocycles. The van der Waals surface area contributed by atoms with Crippen LogP contribution in [-0.2, 0) is 10.3 Å². The Hall–Kier alpha value is -3.69. The summed E-state index contributed by atoms with van der Waals surface area (Å²) < 4.78 is 1.18. The molecule has 30 heavy (non-hydrogen) atoms. The molecule has 10 nitrogen and oxygen atoms in total. The molecule has 1 aliphatic carbocycles. The maximum Gasteiger partial charge on any atom is 0.330 e. The lowest BCUT2D eigenvalue weighted by Gasteiger charge is -2.24. The molecule has 1 aliphatic heterocycles. The molecular formula is C20H21N5O5. The summed E-state index contributed by atoms with van der Waals surface area (Å²) >= 11 is 0. The van der Waals surface area contributed by atoms with Crippen LogP contribution in [0.25, 0.3) is 0 Å². The number of aryl methyl sites for hydroxylation is 1. The number of aromatic amines is 1. The van der Waals surface area contributed by atoms with Crippen LogP contribution < -0.4 is 22.3 Å². The number of nitrogen functional groups attached to an aromatic ring is 1. The van der Waals surface area contributed by atoms with E-state index in [1.807, 2.05) is 19.1 Å². The van der Waals surface area contributed by atoms with Crippen LogP contribution in [-0.4, -0.2) is 38.7 Å². The molecule has 4 N–H and O–H groups in total. The van der Waals surface area contributed by atoms with E-state index in [1.54, 1.807) is 19.1 Å². The van der Waals surface area contributed by atoms with E-state index in [9.17, 15) is 24.0 Å². The quantitative estimate of drug-likeness (QED) is 0.480. The molecule has 0 spiro atoms. The molecule has 1 aromatic carbocycles. The Morgan fingerprint density at radius 3 is 2.50 bits per heavy atom. The molecule has 1 aromatic heterocycles. The summed E-state index contributed by atoms with van der Waals surface area (Å²) in [5.74, 6) is -1.67. The Balaban J connectivity index is 1.67. The average molecular weight is 411 g/mol. The number of H-pyrrole nitrogens is 1. The van der Waals surface area contributed by atoms with Gasteiger partial charge in [0, 0.05) is 6.04 Å². The van der Waals surface area contributed by atoms with Crippen molar-refractivity contribution in [1.29, 1.82) is 0 Å². The molecule has 0 bridgehead atoms. The van der Waals surface area contributed by atoms with Crippen LogP contribution in [0.2, 0.25) is 0 Å². The van der Waals surface area contributed by atoms with Gasteiger partial charge in [-0.1, -0.05) is 24.3 Å². The van der Waals surface area contributed by atoms with Gasteiger partial charge in [-0.05, 0) is 37.8 Å². The van der Waals surface area contributed by atoms with Crippen molar-refractivity contribution in [2.45, 2.75) is 38.3 Å². The van der Waals surface area contributed by atoms with Crippen LogP contribution in [0.3, 0.4) is 0 Å². The van der Waals surface area contributed by atoms with Crippen LogP contribution in [0.1, 0.15) is 47.3 Å². The number of anilines is 1. The lowest BCUT2D eigenvalue weighted by Crippen LogP contribution is -2.43. The highest BCUT2D eigenvalue weighted by Gasteiger charge is 2.50. The van der Waals surface area contributed by atoms with Gasteiger partial charge in [0.05, 0.1) is 6.54 Å². The third kappa shape index (κ3) is 2.92. The van der Waals surface area contributed by atoms with E-state index in [4.69, 9.17) is 5.73 Å². The van der Waals surface area contributed by atoms with E-state index in [0.717, 1.165) is 10.5 Å². The molecule has 2 heterocycles. The molecule has 2 aliphatic rings. The first kappa shape index (κ1) is 19.6. The molecular weight excluding hydrogens is 390 g/mol. The zero-order valence-electron chi connectivity index (χ0n) is 16.5. The van der Waals surface area contributed by atoms with Gasteiger partial charge in [-0.15, -0.1) is 0 Å². The van der Waals surface area contributed by atoms with E-state index < -0.39 is 46.6 Å². The number of nitrogens with zero attached hydrogens (tertiary/aromatic N) is 2. The fraction of sp³-hybridized carbons (Fsp3) is 0.350. The van der Waals surface area contributed by atoms with Crippen molar-refractivity contribution in [1.82, 2.24) is 19.8 Å². The van der Waals surface area contributed by atoms with Gasteiger partial charge in [-0.3, -0.25) is 28.8 Å². The summed E-state index contributed by atoms with van der Waals surface area (Å²) in [6.07, 6.45) is 1.43. The van der Waals surface area contributed by atoms with Crippen molar-refractivity contribution in [2.24, 2.45) is 0 Å². The Bertz CT molecular complexity index is 1210. The molecule has 4 rings (SSSR count). The molecule has 10 heteroatoms. The second kappa shape index (κ2) is 6.68. The van der Waals surface area contributed by atoms with Crippen LogP contribution in [0, 0.1) is 6.92 Å². The Labute approximate surface area is 170 Å². The third-order valence-corrected chi connectivity index (χ3v) is 5.63. The molecule has 2 aromatic rings. The minimum Gasteiger partial charge on any atom is -0.384 e. The van der Waals surface area contributed by atoms with Crippen LogP contribution >= 0.6 is 0 Å². The number of amides is 3. The number of urea groups is 1. The number of hydrogen-bond acceptors (Lipinski definition) is 6. The molecule has 1 unspecified atom stereocenters. The minimum absolute atomic E-state index is 0.165. The van der Waals surface area contributed by atoms with E-state index in [-0.39, 0.29) is 11.9 Å². The normalized spacial score (nSPS) is 21.1. The summed E-state index contributed by atoms with van der Waals surface area (Å²) in [6, 6.07) is 6.20. The van der Waals surface area contributed by atoms with Gasteiger partial charge in [0.25, 0.3) is 11.5 Å². The van der Waals surface area contributed by atoms with Crippen LogP contribution in [0.5, 0.6) is 0 Å². The van der Waals surface area contributed by atoms with E-state index >= 15 is 0 Å². The maximum absolute atomic E-state index is 13.1. The number of ketones is 1. The van der Waals surface area contributed by atoms with Crippen LogP contribution in [0.4, 0.5) is 10.6 Å². The molecule has 3 amide bonds. The second-order valence-electron chi connectivity index (χ2n) is 7.81. The molecule has 156 valence electrons. The lowest BCUT2D eigenvalue weighted by atomic mass is 9.88. The molecule has 1 saturated heterocycles. The van der Waals surface area contributed by atoms with Gasteiger partial charge in [-0.2, -0.15) is 0 Å². The summed E-state index contributed by atoms with van der Waals surface area (Å²) in [7, 11) is 0. The standard InChI is InChI=1S/C20H21N5O5/c1-10-5-3-4-6-12(10)20(2)17(28)24(19(30)23-20)9-13(26)14-15(21)25(11-7-8-11)18(29)22-16(14)27/h3-6,11H,7-9,21H2,1-2H3,(H,23,30)(H,22,27,29). The van der Waals surface area contributed by atoms with Gasteiger partial charge >= 0.3 is 11.7 Å². The maximum atomic E-state index is 13.1. The highest BCUT2D eigenvalue weighted by atomic mass is 16.2. The number of rotatable bonds is 5. The monoisotopic (exact) mass is 411 g/mol. The zero-order valence-corrected chi connectivity index (χ0v) is 16.5. The van der Waals surface area contributed by atoms with Crippen molar-refractivity contribution in [3.63, 3.8) is 0 Å². The number of imide groups is 1. The van der Waals surface area contributed by atoms with Gasteiger partial charge < -0.3 is 11.1 Å². The average Bonchev–Trinajstić information content (AvgIpc) is 3.46. The predicted octanol–water partition coefficient (Wildman–Crippen LogP) is 0.412. The van der Waals surface area contributed by atoms with Crippen molar-refractivity contribution in [3.8, 4) is 0 Å². The summed E-state index contributed by atoms with van der Waals surface area (Å²) in [4.78, 5) is 65.6. The first-order chi connectivity index (χ1) is 14.1. The van der Waals surface area contributed by atoms with Gasteiger partial charge in [0.2, 0.25) is 0 Å². The van der Waals surface area contributed by atoms with Crippen molar-refractivity contribution in [3.05, 3.63) is 61.8 Å². The van der Waals surface area contributed by atoms with Gasteiger partial charge in [0.15, 0.2) is 5.78 Å². The van der Waals surface area contributed by atoms with E-state index in [2.05, 4.69) is 10.3 Å². The highest BCUT2D eigenvalue weighted by molar-refractivity contribution is 6.12. The Kier molecular flexibility index (Phi) is 4.37. The molecule has 2 fully saturated rings. The fourth-order valence-corrected chi connectivity index (χ4v) is 3.91. The van der Waals surface area contributed by atoms with Gasteiger partial charge in [-0.25, -0.2) is 9.59 Å². The number of nitrogens with two attached hydrogens (primary N) is 1. The van der Waals surface area contributed by atoms with Crippen LogP contribution in [0.15, 0.2) is 33.9 Å². The molecule has 1 atom stereocenters. The number of hydrogen-bond donors (Lipinski definition) is 3. The second-order valence-corrected chi connectivity index (χ2v) is 7.81. The van der Waals surface area contributed by atoms with Gasteiger partial charge in [0.1, 0.15) is 16.9 Å².